The molecule has 1 aromatic heterocycles. The number of hydrogen-bond donors (Lipinski definition) is 1. The van der Waals surface area contributed by atoms with Crippen molar-refractivity contribution in [2.75, 3.05) is 31.1 Å². The highest BCUT2D eigenvalue weighted by Crippen LogP contribution is 2.19. The van der Waals surface area contributed by atoms with Gasteiger partial charge in [0.15, 0.2) is 0 Å². The van der Waals surface area contributed by atoms with Crippen LogP contribution in [0.4, 0.5) is 5.82 Å². The first-order valence-electron chi connectivity index (χ1n) is 7.32. The van der Waals surface area contributed by atoms with Gasteiger partial charge in [-0.05, 0) is 38.0 Å². The van der Waals surface area contributed by atoms with Crippen LogP contribution in [0.25, 0.3) is 0 Å². The second-order valence-corrected chi connectivity index (χ2v) is 5.52. The maximum absolute atomic E-state index is 5.94. The molecule has 1 aliphatic rings. The van der Waals surface area contributed by atoms with Gasteiger partial charge in [0.1, 0.15) is 5.82 Å². The standard InChI is InChI=1S/C15H26N4/c1-4-12(2)18-7-9-19(10-8-18)15-11-14(13(3)16)5-6-17-15/h5-6,11-13H,4,7-10,16H2,1-3H3. The molecule has 1 saturated heterocycles. The van der Waals surface area contributed by atoms with E-state index in [1.54, 1.807) is 0 Å². The van der Waals surface area contributed by atoms with Gasteiger partial charge in [-0.15, -0.1) is 0 Å². The zero-order valence-electron chi connectivity index (χ0n) is 12.3. The van der Waals surface area contributed by atoms with Crippen molar-refractivity contribution in [3.05, 3.63) is 23.9 Å². The molecule has 1 fully saturated rings. The molecule has 1 aliphatic heterocycles. The Morgan fingerprint density at radius 2 is 1.95 bits per heavy atom. The minimum atomic E-state index is 0.0724. The summed E-state index contributed by atoms with van der Waals surface area (Å²) in [6.07, 6.45) is 3.09. The van der Waals surface area contributed by atoms with Gasteiger partial charge in [-0.2, -0.15) is 0 Å². The Labute approximate surface area is 116 Å². The quantitative estimate of drug-likeness (QED) is 0.902. The van der Waals surface area contributed by atoms with Gasteiger partial charge in [0.25, 0.3) is 0 Å². The molecule has 2 atom stereocenters. The SMILES string of the molecule is CCC(C)N1CCN(c2cc(C(C)N)ccn2)CC1. The Hall–Kier alpha value is -1.13. The van der Waals surface area contributed by atoms with Crippen LogP contribution in [0, 0.1) is 0 Å². The van der Waals surface area contributed by atoms with Crippen molar-refractivity contribution < 1.29 is 0 Å². The van der Waals surface area contributed by atoms with Crippen LogP contribution in [-0.2, 0) is 0 Å². The van der Waals surface area contributed by atoms with Crippen LogP contribution in [0.5, 0.6) is 0 Å². The van der Waals surface area contributed by atoms with E-state index in [-0.39, 0.29) is 6.04 Å². The Bertz CT molecular complexity index is 397. The van der Waals surface area contributed by atoms with Gasteiger partial charge in [0.05, 0.1) is 0 Å². The van der Waals surface area contributed by atoms with Crippen LogP contribution in [0.15, 0.2) is 18.3 Å². The molecule has 0 amide bonds. The second kappa shape index (κ2) is 6.35. The summed E-state index contributed by atoms with van der Waals surface area (Å²) in [4.78, 5) is 9.41. The number of aromatic nitrogens is 1. The Balaban J connectivity index is 1.99. The Morgan fingerprint density at radius 3 is 2.53 bits per heavy atom. The smallest absolute Gasteiger partial charge is 0.128 e. The second-order valence-electron chi connectivity index (χ2n) is 5.52. The molecule has 0 spiro atoms. The predicted molar refractivity (Wildman–Crippen MR) is 80.4 cm³/mol. The first-order chi connectivity index (χ1) is 9.11. The summed E-state index contributed by atoms with van der Waals surface area (Å²) < 4.78 is 0. The zero-order chi connectivity index (χ0) is 13.8. The molecule has 19 heavy (non-hydrogen) atoms. The minimum Gasteiger partial charge on any atom is -0.354 e. The molecular weight excluding hydrogens is 236 g/mol. The van der Waals surface area contributed by atoms with Crippen LogP contribution in [0.3, 0.4) is 0 Å². The molecule has 2 rings (SSSR count). The normalized spacial score (nSPS) is 20.3. The average molecular weight is 262 g/mol. The fourth-order valence-electron chi connectivity index (χ4n) is 2.54. The van der Waals surface area contributed by atoms with Crippen molar-refractivity contribution >= 4 is 5.82 Å². The summed E-state index contributed by atoms with van der Waals surface area (Å²) in [7, 11) is 0. The largest absolute Gasteiger partial charge is 0.354 e. The lowest BCUT2D eigenvalue weighted by molar-refractivity contribution is 0.192. The summed E-state index contributed by atoms with van der Waals surface area (Å²) in [5.41, 5.74) is 7.10. The van der Waals surface area contributed by atoms with E-state index < -0.39 is 0 Å². The van der Waals surface area contributed by atoms with Gasteiger partial charge in [-0.1, -0.05) is 6.92 Å². The third-order valence-corrected chi connectivity index (χ3v) is 4.15. The number of piperazine rings is 1. The molecule has 2 unspecified atom stereocenters. The van der Waals surface area contributed by atoms with E-state index in [0.717, 1.165) is 37.6 Å². The number of hydrogen-bond acceptors (Lipinski definition) is 4. The highest BCUT2D eigenvalue weighted by Gasteiger charge is 2.21. The van der Waals surface area contributed by atoms with Gasteiger partial charge in [0, 0.05) is 44.5 Å². The minimum absolute atomic E-state index is 0.0724. The lowest BCUT2D eigenvalue weighted by Crippen LogP contribution is -2.49. The summed E-state index contributed by atoms with van der Waals surface area (Å²) >= 11 is 0. The fraction of sp³-hybridized carbons (Fsp3) is 0.667. The van der Waals surface area contributed by atoms with E-state index >= 15 is 0 Å². The third kappa shape index (κ3) is 3.45. The van der Waals surface area contributed by atoms with Crippen molar-refractivity contribution in [3.63, 3.8) is 0 Å². The number of pyridine rings is 1. The van der Waals surface area contributed by atoms with Gasteiger partial charge in [-0.25, -0.2) is 4.98 Å². The van der Waals surface area contributed by atoms with Gasteiger partial charge >= 0.3 is 0 Å². The van der Waals surface area contributed by atoms with E-state index in [9.17, 15) is 0 Å². The van der Waals surface area contributed by atoms with Crippen molar-refractivity contribution in [3.8, 4) is 0 Å². The lowest BCUT2D eigenvalue weighted by Gasteiger charge is -2.38. The molecule has 4 nitrogen and oxygen atoms in total. The lowest BCUT2D eigenvalue weighted by atomic mass is 10.1. The molecule has 0 radical (unpaired) electrons. The van der Waals surface area contributed by atoms with E-state index in [0.29, 0.717) is 6.04 Å². The van der Waals surface area contributed by atoms with E-state index in [1.165, 1.54) is 6.42 Å². The number of rotatable bonds is 4. The topological polar surface area (TPSA) is 45.4 Å². The molecular formula is C15H26N4. The summed E-state index contributed by atoms with van der Waals surface area (Å²) in [6, 6.07) is 4.89. The van der Waals surface area contributed by atoms with Crippen molar-refractivity contribution in [2.45, 2.75) is 39.3 Å². The number of nitrogens with two attached hydrogens (primary N) is 1. The van der Waals surface area contributed by atoms with Crippen LogP contribution < -0.4 is 10.6 Å². The van der Waals surface area contributed by atoms with Crippen molar-refractivity contribution in [2.24, 2.45) is 5.73 Å². The van der Waals surface area contributed by atoms with Crippen molar-refractivity contribution in [1.29, 1.82) is 0 Å². The first-order valence-corrected chi connectivity index (χ1v) is 7.32. The first kappa shape index (κ1) is 14.3. The molecule has 0 aliphatic carbocycles. The monoisotopic (exact) mass is 262 g/mol. The molecule has 2 heterocycles. The summed E-state index contributed by atoms with van der Waals surface area (Å²) in [5, 5.41) is 0. The molecule has 2 N–H and O–H groups in total. The van der Waals surface area contributed by atoms with Crippen LogP contribution in [0.1, 0.15) is 38.8 Å². The highest BCUT2D eigenvalue weighted by atomic mass is 15.3. The Morgan fingerprint density at radius 1 is 1.26 bits per heavy atom. The van der Waals surface area contributed by atoms with Crippen LogP contribution in [-0.4, -0.2) is 42.1 Å². The molecule has 0 aromatic carbocycles. The maximum Gasteiger partial charge on any atom is 0.128 e. The number of nitrogens with zero attached hydrogens (tertiary/aromatic N) is 3. The molecule has 1 aromatic rings. The highest BCUT2D eigenvalue weighted by molar-refractivity contribution is 5.42. The third-order valence-electron chi connectivity index (χ3n) is 4.15. The molecule has 0 saturated carbocycles. The van der Waals surface area contributed by atoms with E-state index in [1.807, 2.05) is 19.2 Å². The van der Waals surface area contributed by atoms with Gasteiger partial charge < -0.3 is 10.6 Å². The Kier molecular flexibility index (Phi) is 4.77. The predicted octanol–water partition coefficient (Wildman–Crippen LogP) is 2.02. The molecule has 4 heteroatoms. The molecule has 106 valence electrons. The average Bonchev–Trinajstić information content (AvgIpc) is 2.46. The van der Waals surface area contributed by atoms with Gasteiger partial charge in [-0.3, -0.25) is 4.90 Å². The fourth-order valence-corrected chi connectivity index (χ4v) is 2.54. The summed E-state index contributed by atoms with van der Waals surface area (Å²) in [6.45, 7) is 10.9. The molecule has 0 bridgehead atoms. The van der Waals surface area contributed by atoms with Crippen LogP contribution >= 0.6 is 0 Å². The van der Waals surface area contributed by atoms with Crippen LogP contribution in [0.2, 0.25) is 0 Å². The summed E-state index contributed by atoms with van der Waals surface area (Å²) in [5.74, 6) is 1.07. The van der Waals surface area contributed by atoms with E-state index in [4.69, 9.17) is 5.73 Å². The van der Waals surface area contributed by atoms with E-state index in [2.05, 4.69) is 34.7 Å². The number of anilines is 1. The van der Waals surface area contributed by atoms with Gasteiger partial charge in [0.2, 0.25) is 0 Å². The maximum atomic E-state index is 5.94. The van der Waals surface area contributed by atoms with Crippen molar-refractivity contribution in [1.82, 2.24) is 9.88 Å². The zero-order valence-corrected chi connectivity index (χ0v) is 12.3.